The maximum absolute atomic E-state index is 2.33. The Bertz CT molecular complexity index is 947. The topological polar surface area (TPSA) is 0 Å². The van der Waals surface area contributed by atoms with Crippen molar-refractivity contribution in [1.29, 1.82) is 0 Å². The maximum Gasteiger partial charge on any atom is 0 e. The van der Waals surface area contributed by atoms with Crippen molar-refractivity contribution < 1.29 is 28.9 Å². The third kappa shape index (κ3) is 8.95. The molecule has 34 heavy (non-hydrogen) atoms. The van der Waals surface area contributed by atoms with E-state index in [9.17, 15) is 0 Å². The summed E-state index contributed by atoms with van der Waals surface area (Å²) in [7, 11) is 0.608. The molecule has 1 aliphatic carbocycles. The Kier molecular flexibility index (Phi) is 13.7. The molecule has 0 bridgehead atoms. The van der Waals surface area contributed by atoms with E-state index in [1.165, 1.54) is 42.7 Å². The van der Waals surface area contributed by atoms with Crippen molar-refractivity contribution in [3.63, 3.8) is 0 Å². The van der Waals surface area contributed by atoms with Crippen molar-refractivity contribution in [3.8, 4) is 0 Å². The first-order valence-electron chi connectivity index (χ1n) is 11.7. The van der Waals surface area contributed by atoms with Crippen molar-refractivity contribution in [2.75, 3.05) is 0 Å². The molecule has 0 spiro atoms. The summed E-state index contributed by atoms with van der Waals surface area (Å²) in [6, 6.07) is 43.5. The Morgan fingerprint density at radius 1 is 0.500 bits per heavy atom. The minimum atomic E-state index is -0.169. The SMILES string of the molecule is [Cl-].[Ni].c1ccc(P(c2ccccc2)C2CCCCC2)cc1.c1ccc(Pc2ccccc2)cc1. The first-order chi connectivity index (χ1) is 15.9. The van der Waals surface area contributed by atoms with E-state index in [-0.39, 0.29) is 36.8 Å². The number of halogens is 1. The van der Waals surface area contributed by atoms with Gasteiger partial charge in [0.1, 0.15) is 0 Å². The van der Waals surface area contributed by atoms with Crippen LogP contribution in [0.3, 0.4) is 0 Å². The fourth-order valence-corrected chi connectivity index (χ4v) is 8.36. The van der Waals surface area contributed by atoms with Crippen LogP contribution in [0, 0.1) is 0 Å². The Balaban J connectivity index is 0.000000241. The van der Waals surface area contributed by atoms with Crippen LogP contribution in [0.25, 0.3) is 0 Å². The van der Waals surface area contributed by atoms with Crippen LogP contribution in [0.2, 0.25) is 0 Å². The van der Waals surface area contributed by atoms with Crippen molar-refractivity contribution >= 4 is 37.7 Å². The zero-order valence-corrected chi connectivity index (χ0v) is 22.9. The predicted octanol–water partition coefficient (Wildman–Crippen LogP) is 3.77. The normalized spacial score (nSPS) is 13.1. The van der Waals surface area contributed by atoms with Crippen LogP contribution in [-0.4, -0.2) is 5.66 Å². The molecular weight excluding hydrogens is 516 g/mol. The molecule has 0 radical (unpaired) electrons. The molecule has 0 N–H and O–H groups in total. The van der Waals surface area contributed by atoms with Gasteiger partial charge in [0.15, 0.2) is 0 Å². The largest absolute Gasteiger partial charge is 1.00 e. The van der Waals surface area contributed by atoms with E-state index < -0.39 is 0 Å². The van der Waals surface area contributed by atoms with E-state index in [2.05, 4.69) is 121 Å². The van der Waals surface area contributed by atoms with Gasteiger partial charge in [-0.2, -0.15) is 0 Å². The fourth-order valence-electron chi connectivity index (χ4n) is 4.30. The van der Waals surface area contributed by atoms with Crippen molar-refractivity contribution in [1.82, 2.24) is 0 Å². The van der Waals surface area contributed by atoms with Crippen molar-refractivity contribution in [2.24, 2.45) is 0 Å². The quantitative estimate of drug-likeness (QED) is 0.263. The third-order valence-electron chi connectivity index (χ3n) is 5.84. The van der Waals surface area contributed by atoms with Gasteiger partial charge in [0.05, 0.1) is 0 Å². The molecule has 0 aliphatic heterocycles. The van der Waals surface area contributed by atoms with E-state index >= 15 is 0 Å². The molecule has 0 amide bonds. The minimum absolute atomic E-state index is 0. The van der Waals surface area contributed by atoms with Crippen LogP contribution in [0.4, 0.5) is 0 Å². The van der Waals surface area contributed by atoms with E-state index in [1.54, 1.807) is 10.6 Å². The molecule has 0 saturated heterocycles. The summed E-state index contributed by atoms with van der Waals surface area (Å²) in [5.74, 6) is 0. The maximum atomic E-state index is 2.33. The van der Waals surface area contributed by atoms with Crippen LogP contribution in [-0.2, 0) is 16.5 Å². The molecule has 1 fully saturated rings. The van der Waals surface area contributed by atoms with Gasteiger partial charge >= 0.3 is 0 Å². The second-order valence-corrected chi connectivity index (χ2v) is 12.1. The van der Waals surface area contributed by atoms with Crippen molar-refractivity contribution in [2.45, 2.75) is 37.8 Å². The second-order valence-electron chi connectivity index (χ2n) is 8.19. The Hall–Kier alpha value is -1.48. The summed E-state index contributed by atoms with van der Waals surface area (Å²) in [4.78, 5) is 0. The molecule has 1 aliphatic rings. The smallest absolute Gasteiger partial charge is 0 e. The average molecular weight is 549 g/mol. The average Bonchev–Trinajstić information content (AvgIpc) is 2.88. The number of benzene rings is 4. The molecule has 180 valence electrons. The zero-order chi connectivity index (χ0) is 21.8. The van der Waals surface area contributed by atoms with Gasteiger partial charge in [0, 0.05) is 16.5 Å². The van der Waals surface area contributed by atoms with Gasteiger partial charge in [-0.3, -0.25) is 0 Å². The standard InChI is InChI=1S/C18H21P.C12H11P.ClH.Ni/c1-4-10-16(11-5-1)19(17-12-6-2-7-13-17)18-14-8-3-9-15-18;1-3-7-11(8-4-1)13-12-9-5-2-6-10-12;;/h1-2,4-7,10-13,18H,3,8-9,14-15H2;1-10,13H;1H;/p-1. The van der Waals surface area contributed by atoms with E-state index in [4.69, 9.17) is 0 Å². The second kappa shape index (κ2) is 16.2. The van der Waals surface area contributed by atoms with Crippen LogP contribution in [0.1, 0.15) is 32.1 Å². The van der Waals surface area contributed by atoms with Crippen molar-refractivity contribution in [3.05, 3.63) is 121 Å². The van der Waals surface area contributed by atoms with Crippen LogP contribution in [0.15, 0.2) is 121 Å². The van der Waals surface area contributed by atoms with Gasteiger partial charge < -0.3 is 12.4 Å². The summed E-state index contributed by atoms with van der Waals surface area (Å²) in [5.41, 5.74) is 0.883. The number of hydrogen-bond acceptors (Lipinski definition) is 0. The van der Waals surface area contributed by atoms with Gasteiger partial charge in [0.25, 0.3) is 0 Å². The molecule has 0 heterocycles. The first-order valence-corrected chi connectivity index (χ1v) is 14.1. The predicted molar refractivity (Wildman–Crippen MR) is 146 cm³/mol. The Labute approximate surface area is 224 Å². The summed E-state index contributed by atoms with van der Waals surface area (Å²) in [6.07, 6.45) is 7.10. The fraction of sp³-hybridized carbons (Fsp3) is 0.200. The van der Waals surface area contributed by atoms with Gasteiger partial charge in [0.2, 0.25) is 0 Å². The van der Waals surface area contributed by atoms with Gasteiger partial charge in [-0.15, -0.1) is 0 Å². The molecule has 5 rings (SSSR count). The number of rotatable bonds is 5. The zero-order valence-electron chi connectivity index (χ0n) is 19.3. The summed E-state index contributed by atoms with van der Waals surface area (Å²) >= 11 is 0. The summed E-state index contributed by atoms with van der Waals surface area (Å²) in [5, 5.41) is 5.90. The summed E-state index contributed by atoms with van der Waals surface area (Å²) in [6.45, 7) is 0. The number of hydrogen-bond donors (Lipinski definition) is 0. The molecule has 4 heteroatoms. The van der Waals surface area contributed by atoms with Gasteiger partial charge in [-0.05, 0) is 47.6 Å². The van der Waals surface area contributed by atoms with Gasteiger partial charge in [-0.1, -0.05) is 149 Å². The molecular formula is C30H32ClNiP2-. The first kappa shape index (κ1) is 28.8. The van der Waals surface area contributed by atoms with Crippen LogP contribution < -0.4 is 33.6 Å². The molecule has 0 atom stereocenters. The van der Waals surface area contributed by atoms with Gasteiger partial charge in [-0.25, -0.2) is 0 Å². The Morgan fingerprint density at radius 3 is 1.24 bits per heavy atom. The molecule has 4 aromatic carbocycles. The van der Waals surface area contributed by atoms with Crippen LogP contribution in [0.5, 0.6) is 0 Å². The monoisotopic (exact) mass is 547 g/mol. The molecule has 0 nitrogen and oxygen atoms in total. The van der Waals surface area contributed by atoms with E-state index in [0.717, 1.165) is 14.2 Å². The minimum Gasteiger partial charge on any atom is -1.00 e. The Morgan fingerprint density at radius 2 is 0.853 bits per heavy atom. The van der Waals surface area contributed by atoms with Crippen LogP contribution >= 0.6 is 16.5 Å². The van der Waals surface area contributed by atoms with E-state index in [0.29, 0.717) is 0 Å². The molecule has 4 aromatic rings. The third-order valence-corrected chi connectivity index (χ3v) is 10.0. The molecule has 0 aromatic heterocycles. The van der Waals surface area contributed by atoms with E-state index in [1.807, 2.05) is 0 Å². The molecule has 0 unspecified atom stereocenters. The molecule has 1 saturated carbocycles. The summed E-state index contributed by atoms with van der Waals surface area (Å²) < 4.78 is 0.